The molecular formula is C11H24N2O2S. The highest BCUT2D eigenvalue weighted by molar-refractivity contribution is 7.89. The Bertz CT molecular complexity index is 306. The summed E-state index contributed by atoms with van der Waals surface area (Å²) in [6.07, 6.45) is 1.82. The van der Waals surface area contributed by atoms with Crippen molar-refractivity contribution in [1.82, 2.24) is 4.31 Å². The fourth-order valence-electron chi connectivity index (χ4n) is 2.33. The molecule has 1 heterocycles. The molecule has 0 radical (unpaired) electrons. The minimum Gasteiger partial charge on any atom is -0.327 e. The average molecular weight is 248 g/mol. The number of nitrogens with zero attached hydrogens (tertiary/aromatic N) is 1. The van der Waals surface area contributed by atoms with Gasteiger partial charge < -0.3 is 5.73 Å². The number of piperidine rings is 1. The fraction of sp³-hybridized carbons (Fsp3) is 1.00. The molecule has 1 aliphatic heterocycles. The Morgan fingerprint density at radius 3 is 2.25 bits per heavy atom. The Balaban J connectivity index is 2.67. The molecule has 96 valence electrons. The molecule has 0 spiro atoms. The molecule has 1 aliphatic rings. The minimum absolute atomic E-state index is 0.0862. The molecule has 5 heteroatoms. The van der Waals surface area contributed by atoms with Crippen LogP contribution in [0.5, 0.6) is 0 Å². The molecule has 3 atom stereocenters. The van der Waals surface area contributed by atoms with Gasteiger partial charge in [-0.15, -0.1) is 0 Å². The zero-order valence-electron chi connectivity index (χ0n) is 10.5. The molecular weight excluding hydrogens is 224 g/mol. The Labute approximate surface area is 99.2 Å². The maximum absolute atomic E-state index is 12.1. The van der Waals surface area contributed by atoms with Crippen LogP contribution >= 0.6 is 0 Å². The standard InChI is InChI=1S/C11H24N2O2S/c1-4-11(12)8-16(14,15)13-6-9(2)5-10(3)7-13/h9-11H,4-8,12H2,1-3H3. The summed E-state index contributed by atoms with van der Waals surface area (Å²) < 4.78 is 25.8. The predicted octanol–water partition coefficient (Wildman–Crippen LogP) is 1.03. The molecule has 0 aliphatic carbocycles. The van der Waals surface area contributed by atoms with Crippen LogP contribution in [0.4, 0.5) is 0 Å². The molecule has 0 aromatic rings. The summed E-state index contributed by atoms with van der Waals surface area (Å²) in [5, 5.41) is 0. The third-order valence-corrected chi connectivity index (χ3v) is 5.11. The van der Waals surface area contributed by atoms with Gasteiger partial charge in [-0.3, -0.25) is 0 Å². The van der Waals surface area contributed by atoms with Gasteiger partial charge in [0.1, 0.15) is 0 Å². The fourth-order valence-corrected chi connectivity index (χ4v) is 4.28. The van der Waals surface area contributed by atoms with Crippen molar-refractivity contribution in [2.45, 2.75) is 39.7 Å². The molecule has 0 aromatic heterocycles. The second-order valence-electron chi connectivity index (χ2n) is 5.21. The summed E-state index contributed by atoms with van der Waals surface area (Å²) in [7, 11) is -3.15. The molecule has 16 heavy (non-hydrogen) atoms. The van der Waals surface area contributed by atoms with Gasteiger partial charge in [-0.1, -0.05) is 20.8 Å². The van der Waals surface area contributed by atoms with Gasteiger partial charge >= 0.3 is 0 Å². The van der Waals surface area contributed by atoms with Gasteiger partial charge in [0, 0.05) is 19.1 Å². The topological polar surface area (TPSA) is 63.4 Å². The van der Waals surface area contributed by atoms with E-state index in [0.29, 0.717) is 31.3 Å². The number of sulfonamides is 1. The molecule has 1 rings (SSSR count). The highest BCUT2D eigenvalue weighted by atomic mass is 32.2. The first-order chi connectivity index (χ1) is 7.35. The van der Waals surface area contributed by atoms with Crippen LogP contribution in [0.1, 0.15) is 33.6 Å². The van der Waals surface area contributed by atoms with Gasteiger partial charge in [-0.25, -0.2) is 12.7 Å². The van der Waals surface area contributed by atoms with Crippen LogP contribution in [0.25, 0.3) is 0 Å². The highest BCUT2D eigenvalue weighted by Gasteiger charge is 2.31. The van der Waals surface area contributed by atoms with E-state index in [9.17, 15) is 8.42 Å². The van der Waals surface area contributed by atoms with Gasteiger partial charge in [0.15, 0.2) is 0 Å². The summed E-state index contributed by atoms with van der Waals surface area (Å²) in [5.74, 6) is 0.996. The van der Waals surface area contributed by atoms with Crippen molar-refractivity contribution in [3.8, 4) is 0 Å². The van der Waals surface area contributed by atoms with Crippen LogP contribution in [0.2, 0.25) is 0 Å². The second-order valence-corrected chi connectivity index (χ2v) is 7.22. The van der Waals surface area contributed by atoms with Gasteiger partial charge in [0.25, 0.3) is 0 Å². The zero-order chi connectivity index (χ0) is 12.3. The molecule has 0 saturated carbocycles. The van der Waals surface area contributed by atoms with E-state index >= 15 is 0 Å². The lowest BCUT2D eigenvalue weighted by molar-refractivity contribution is 0.222. The third kappa shape index (κ3) is 3.71. The maximum atomic E-state index is 12.1. The Morgan fingerprint density at radius 2 is 1.81 bits per heavy atom. The molecule has 0 amide bonds. The van der Waals surface area contributed by atoms with Crippen molar-refractivity contribution in [3.63, 3.8) is 0 Å². The number of nitrogens with two attached hydrogens (primary N) is 1. The van der Waals surface area contributed by atoms with Crippen LogP contribution in [0, 0.1) is 11.8 Å². The third-order valence-electron chi connectivity index (χ3n) is 3.18. The molecule has 1 fully saturated rings. The lowest BCUT2D eigenvalue weighted by Gasteiger charge is -2.34. The first kappa shape index (κ1) is 13.9. The van der Waals surface area contributed by atoms with Crippen LogP contribution in [-0.4, -0.2) is 37.6 Å². The summed E-state index contributed by atoms with van der Waals surface area (Å²) in [4.78, 5) is 0. The largest absolute Gasteiger partial charge is 0.327 e. The van der Waals surface area contributed by atoms with Crippen molar-refractivity contribution < 1.29 is 8.42 Å². The van der Waals surface area contributed by atoms with Crippen LogP contribution in [0.15, 0.2) is 0 Å². The number of hydrogen-bond acceptors (Lipinski definition) is 3. The van der Waals surface area contributed by atoms with Crippen molar-refractivity contribution in [2.75, 3.05) is 18.8 Å². The van der Waals surface area contributed by atoms with Gasteiger partial charge in [0.2, 0.25) is 10.0 Å². The van der Waals surface area contributed by atoms with Gasteiger partial charge in [0.05, 0.1) is 5.75 Å². The number of hydrogen-bond donors (Lipinski definition) is 1. The normalized spacial score (nSPS) is 30.2. The minimum atomic E-state index is -3.15. The molecule has 1 saturated heterocycles. The summed E-state index contributed by atoms with van der Waals surface area (Å²) in [6.45, 7) is 7.45. The van der Waals surface area contributed by atoms with E-state index in [1.165, 1.54) is 0 Å². The summed E-state index contributed by atoms with van der Waals surface area (Å²) in [5.41, 5.74) is 5.73. The van der Waals surface area contributed by atoms with Crippen molar-refractivity contribution >= 4 is 10.0 Å². The first-order valence-electron chi connectivity index (χ1n) is 6.08. The Kier molecular flexibility index (Phi) is 4.76. The molecule has 2 N–H and O–H groups in total. The Hall–Kier alpha value is -0.130. The monoisotopic (exact) mass is 248 g/mol. The average Bonchev–Trinajstić information content (AvgIpc) is 2.15. The van der Waals surface area contributed by atoms with Crippen molar-refractivity contribution in [2.24, 2.45) is 17.6 Å². The predicted molar refractivity (Wildman–Crippen MR) is 66.6 cm³/mol. The lowest BCUT2D eigenvalue weighted by Crippen LogP contribution is -2.46. The summed E-state index contributed by atoms with van der Waals surface area (Å²) in [6, 6.07) is -0.238. The van der Waals surface area contributed by atoms with E-state index in [1.54, 1.807) is 4.31 Å². The smallest absolute Gasteiger partial charge is 0.215 e. The summed E-state index contributed by atoms with van der Waals surface area (Å²) >= 11 is 0. The molecule has 0 bridgehead atoms. The van der Waals surface area contributed by atoms with Gasteiger partial charge in [-0.2, -0.15) is 0 Å². The second kappa shape index (κ2) is 5.47. The highest BCUT2D eigenvalue weighted by Crippen LogP contribution is 2.23. The van der Waals surface area contributed by atoms with Crippen LogP contribution < -0.4 is 5.73 Å². The SMILES string of the molecule is CCC(N)CS(=O)(=O)N1CC(C)CC(C)C1. The first-order valence-corrected chi connectivity index (χ1v) is 7.69. The van der Waals surface area contributed by atoms with E-state index < -0.39 is 10.0 Å². The number of rotatable bonds is 4. The maximum Gasteiger partial charge on any atom is 0.215 e. The van der Waals surface area contributed by atoms with E-state index in [1.807, 2.05) is 6.92 Å². The zero-order valence-corrected chi connectivity index (χ0v) is 11.3. The van der Waals surface area contributed by atoms with Gasteiger partial charge in [-0.05, 0) is 24.7 Å². The van der Waals surface area contributed by atoms with Crippen LogP contribution in [0.3, 0.4) is 0 Å². The molecule has 0 aromatic carbocycles. The van der Waals surface area contributed by atoms with Crippen LogP contribution in [-0.2, 0) is 10.0 Å². The molecule has 4 nitrogen and oxygen atoms in total. The van der Waals surface area contributed by atoms with Crippen molar-refractivity contribution in [1.29, 1.82) is 0 Å². The van der Waals surface area contributed by atoms with Crippen molar-refractivity contribution in [3.05, 3.63) is 0 Å². The van der Waals surface area contributed by atoms with E-state index in [4.69, 9.17) is 5.73 Å². The van der Waals surface area contributed by atoms with E-state index in [2.05, 4.69) is 13.8 Å². The lowest BCUT2D eigenvalue weighted by atomic mass is 9.94. The Morgan fingerprint density at radius 1 is 1.31 bits per heavy atom. The quantitative estimate of drug-likeness (QED) is 0.808. The van der Waals surface area contributed by atoms with E-state index in [0.717, 1.165) is 6.42 Å². The van der Waals surface area contributed by atoms with E-state index in [-0.39, 0.29) is 11.8 Å². The molecule has 3 unspecified atom stereocenters.